The number of nitrogens with zero attached hydrogens (tertiary/aromatic N) is 2. The maximum Gasteiger partial charge on any atom is 0.325 e. The average molecular weight is 616 g/mol. The van der Waals surface area contributed by atoms with Crippen molar-refractivity contribution in [3.63, 3.8) is 0 Å². The van der Waals surface area contributed by atoms with Crippen molar-refractivity contribution in [2.75, 3.05) is 76.6 Å². The number of methoxy groups -OCH3 is 2. The summed E-state index contributed by atoms with van der Waals surface area (Å²) in [6, 6.07) is 9.94. The van der Waals surface area contributed by atoms with E-state index >= 15 is 0 Å². The average Bonchev–Trinajstić information content (AvgIpc) is 3.04. The Kier molecular flexibility index (Phi) is 16.4. The molecule has 0 amide bonds. The topological polar surface area (TPSA) is 164 Å². The van der Waals surface area contributed by atoms with Crippen LogP contribution in [0.5, 0.6) is 17.2 Å². The quantitative estimate of drug-likeness (QED) is 0.110. The summed E-state index contributed by atoms with van der Waals surface area (Å²) in [4.78, 5) is 61.6. The Balaban J connectivity index is 2.27. The van der Waals surface area contributed by atoms with E-state index in [1.54, 1.807) is 30.3 Å². The van der Waals surface area contributed by atoms with E-state index in [-0.39, 0.29) is 50.7 Å². The van der Waals surface area contributed by atoms with Crippen LogP contribution in [0.25, 0.3) is 0 Å². The van der Waals surface area contributed by atoms with Crippen LogP contribution >= 0.6 is 0 Å². The molecule has 0 saturated carbocycles. The molecule has 0 unspecified atom stereocenters. The van der Waals surface area contributed by atoms with Gasteiger partial charge in [-0.15, -0.1) is 0 Å². The zero-order valence-corrected chi connectivity index (χ0v) is 25.2. The van der Waals surface area contributed by atoms with E-state index in [2.05, 4.69) is 0 Å². The molecule has 2 aromatic carbocycles. The van der Waals surface area contributed by atoms with Gasteiger partial charge < -0.3 is 48.8 Å². The Labute approximate surface area is 257 Å². The van der Waals surface area contributed by atoms with Crippen LogP contribution in [0, 0.1) is 0 Å². The molecule has 13 nitrogen and oxygen atoms in total. The molecule has 0 heterocycles. The van der Waals surface area contributed by atoms with Gasteiger partial charge in [-0.1, -0.05) is 25.0 Å². The van der Waals surface area contributed by atoms with Crippen molar-refractivity contribution in [2.45, 2.75) is 25.7 Å². The summed E-state index contributed by atoms with van der Waals surface area (Å²) in [5.41, 5.74) is 6.60. The number of ether oxygens (including phenoxy) is 5. The van der Waals surface area contributed by atoms with Crippen LogP contribution in [0.1, 0.15) is 36.0 Å². The molecular formula is C31H41N3O10. The lowest BCUT2D eigenvalue weighted by molar-refractivity contribution is -0.139. The second kappa shape index (κ2) is 20.3. The van der Waals surface area contributed by atoms with Crippen LogP contribution in [0.3, 0.4) is 0 Å². The molecule has 0 aliphatic carbocycles. The smallest absolute Gasteiger partial charge is 0.325 e. The number of hydrogen-bond acceptors (Lipinski definition) is 13. The number of aldehydes is 3. The molecule has 44 heavy (non-hydrogen) atoms. The summed E-state index contributed by atoms with van der Waals surface area (Å²) in [5, 5.41) is 0. The van der Waals surface area contributed by atoms with Crippen molar-refractivity contribution in [3.8, 4) is 17.2 Å². The van der Waals surface area contributed by atoms with Crippen LogP contribution in [0.4, 0.5) is 11.4 Å². The lowest BCUT2D eigenvalue weighted by Crippen LogP contribution is -2.33. The van der Waals surface area contributed by atoms with Gasteiger partial charge in [0.05, 0.1) is 50.9 Å². The first-order valence-corrected chi connectivity index (χ1v) is 14.2. The van der Waals surface area contributed by atoms with Gasteiger partial charge in [-0.3, -0.25) is 14.4 Å². The third-order valence-electron chi connectivity index (χ3n) is 6.40. The molecule has 2 rings (SSSR count). The van der Waals surface area contributed by atoms with Crippen molar-refractivity contribution in [1.82, 2.24) is 0 Å². The number of hydrogen-bond donors (Lipinski definition) is 1. The monoisotopic (exact) mass is 615 g/mol. The molecule has 0 atom stereocenters. The van der Waals surface area contributed by atoms with Crippen LogP contribution < -0.4 is 29.7 Å². The number of nitrogens with two attached hydrogens (primary N) is 1. The number of carbonyl (C=O) groups is 5. The number of rotatable bonds is 23. The molecule has 0 radical (unpaired) electrons. The van der Waals surface area contributed by atoms with Gasteiger partial charge in [0, 0.05) is 6.07 Å². The van der Waals surface area contributed by atoms with Crippen molar-refractivity contribution < 1.29 is 47.7 Å². The van der Waals surface area contributed by atoms with E-state index < -0.39 is 11.9 Å². The van der Waals surface area contributed by atoms with Crippen LogP contribution in [-0.4, -0.2) is 97.6 Å². The summed E-state index contributed by atoms with van der Waals surface area (Å²) in [5.74, 6) is -0.151. The molecule has 240 valence electrons. The van der Waals surface area contributed by atoms with Crippen molar-refractivity contribution >= 4 is 42.2 Å². The second-order valence-corrected chi connectivity index (χ2v) is 9.44. The summed E-state index contributed by atoms with van der Waals surface area (Å²) in [7, 11) is 2.50. The Morgan fingerprint density at radius 1 is 0.705 bits per heavy atom. The minimum atomic E-state index is -0.588. The molecule has 0 aliphatic heterocycles. The van der Waals surface area contributed by atoms with Crippen LogP contribution in [0.2, 0.25) is 0 Å². The predicted molar refractivity (Wildman–Crippen MR) is 163 cm³/mol. The Morgan fingerprint density at radius 3 is 1.86 bits per heavy atom. The number of benzene rings is 2. The minimum Gasteiger partial charge on any atom is -0.493 e. The van der Waals surface area contributed by atoms with E-state index in [0.29, 0.717) is 54.9 Å². The normalized spacial score (nSPS) is 10.3. The molecule has 0 saturated heterocycles. The van der Waals surface area contributed by atoms with Crippen molar-refractivity contribution in [1.29, 1.82) is 0 Å². The van der Waals surface area contributed by atoms with Crippen LogP contribution in [0.15, 0.2) is 36.4 Å². The van der Waals surface area contributed by atoms with Crippen LogP contribution in [-0.2, 0) is 28.7 Å². The summed E-state index contributed by atoms with van der Waals surface area (Å²) in [6.45, 7) is 0.416. The first-order chi connectivity index (χ1) is 21.4. The summed E-state index contributed by atoms with van der Waals surface area (Å²) in [6.07, 6.45) is 5.51. The fourth-order valence-electron chi connectivity index (χ4n) is 4.19. The molecule has 0 aromatic heterocycles. The van der Waals surface area contributed by atoms with E-state index in [1.165, 1.54) is 30.1 Å². The van der Waals surface area contributed by atoms with Gasteiger partial charge in [-0.05, 0) is 37.6 Å². The number of anilines is 2. The van der Waals surface area contributed by atoms with Gasteiger partial charge in [0.2, 0.25) is 0 Å². The molecular weight excluding hydrogens is 574 g/mol. The van der Waals surface area contributed by atoms with Gasteiger partial charge in [0.15, 0.2) is 6.29 Å². The zero-order valence-electron chi connectivity index (χ0n) is 25.2. The number of esters is 2. The molecule has 0 fully saturated rings. The first kappa shape index (κ1) is 35.5. The fourth-order valence-corrected chi connectivity index (χ4v) is 4.19. The van der Waals surface area contributed by atoms with Gasteiger partial charge in [0.25, 0.3) is 0 Å². The number of carbonyl (C=O) groups excluding carboxylic acids is 5. The minimum absolute atomic E-state index is 0.0120. The van der Waals surface area contributed by atoms with Gasteiger partial charge >= 0.3 is 11.9 Å². The molecule has 2 aromatic rings. The maximum absolute atomic E-state index is 12.1. The third kappa shape index (κ3) is 11.6. The highest BCUT2D eigenvalue weighted by Gasteiger charge is 2.21. The Morgan fingerprint density at radius 2 is 1.27 bits per heavy atom. The first-order valence-electron chi connectivity index (χ1n) is 14.2. The lowest BCUT2D eigenvalue weighted by atomic mass is 10.1. The third-order valence-corrected chi connectivity index (χ3v) is 6.40. The highest BCUT2D eigenvalue weighted by atomic mass is 16.5. The Bertz CT molecular complexity index is 1220. The van der Waals surface area contributed by atoms with E-state index in [4.69, 9.17) is 29.4 Å². The maximum atomic E-state index is 12.1. The molecule has 2 N–H and O–H groups in total. The summed E-state index contributed by atoms with van der Waals surface area (Å²) < 4.78 is 27.4. The standard InChI is InChI=1S/C31H41N3O10/c1-40-30(38)21-33(12-14-35)25-9-5-6-10-27(25)43-17-18-44-29-20-28(42-16-8-4-3-7-11-32)24(23-37)19-26(29)34(13-15-36)22-31(39)41-2/h5-6,9-10,14-15,19-20,23H,3-4,7-8,11-13,16-18,21-22,32H2,1-2H3. The highest BCUT2D eigenvalue weighted by molar-refractivity contribution is 5.86. The van der Waals surface area contributed by atoms with Crippen molar-refractivity contribution in [3.05, 3.63) is 42.0 Å². The summed E-state index contributed by atoms with van der Waals surface area (Å²) >= 11 is 0. The molecule has 0 spiro atoms. The second-order valence-electron chi connectivity index (χ2n) is 9.44. The predicted octanol–water partition coefficient (Wildman–Crippen LogP) is 2.21. The fraction of sp³-hybridized carbons (Fsp3) is 0.452. The van der Waals surface area contributed by atoms with E-state index in [1.807, 2.05) is 0 Å². The van der Waals surface area contributed by atoms with Gasteiger partial charge in [-0.25, -0.2) is 0 Å². The van der Waals surface area contributed by atoms with E-state index in [0.717, 1.165) is 25.7 Å². The highest BCUT2D eigenvalue weighted by Crippen LogP contribution is 2.36. The Hall–Kier alpha value is -4.65. The van der Waals surface area contributed by atoms with Gasteiger partial charge in [-0.2, -0.15) is 0 Å². The number of unbranched alkanes of at least 4 members (excludes halogenated alkanes) is 3. The van der Waals surface area contributed by atoms with E-state index in [9.17, 15) is 24.0 Å². The SMILES string of the molecule is COC(=O)CN(CC=O)c1ccccc1OCCOc1cc(OCCCCCCN)c(C=O)cc1N(CC=O)CC(=O)OC. The van der Waals surface area contributed by atoms with Gasteiger partial charge in [0.1, 0.15) is 56.1 Å². The lowest BCUT2D eigenvalue weighted by Gasteiger charge is -2.25. The molecule has 0 aliphatic rings. The molecule has 0 bridgehead atoms. The number of para-hydroxylation sites is 2. The largest absolute Gasteiger partial charge is 0.493 e. The molecule has 13 heteroatoms. The van der Waals surface area contributed by atoms with Crippen molar-refractivity contribution in [2.24, 2.45) is 5.73 Å². The zero-order chi connectivity index (χ0) is 32.2.